The van der Waals surface area contributed by atoms with E-state index in [0.29, 0.717) is 33.7 Å². The summed E-state index contributed by atoms with van der Waals surface area (Å²) in [5.74, 6) is -0.209. The number of aromatic nitrogens is 1. The molecule has 0 radical (unpaired) electrons. The van der Waals surface area contributed by atoms with Gasteiger partial charge in [-0.1, -0.05) is 29.3 Å². The molecule has 138 valence electrons. The Kier molecular flexibility index (Phi) is 6.68. The van der Waals surface area contributed by atoms with Gasteiger partial charge in [0.1, 0.15) is 5.69 Å². The number of halogens is 2. The number of rotatable bonds is 6. The molecule has 1 fully saturated rings. The summed E-state index contributed by atoms with van der Waals surface area (Å²) in [6, 6.07) is 8.78. The Morgan fingerprint density at radius 1 is 1.23 bits per heavy atom. The zero-order chi connectivity index (χ0) is 18.4. The van der Waals surface area contributed by atoms with E-state index in [4.69, 9.17) is 27.9 Å². The van der Waals surface area contributed by atoms with Gasteiger partial charge in [0.15, 0.2) is 0 Å². The lowest BCUT2D eigenvalue weighted by Crippen LogP contribution is -2.41. The van der Waals surface area contributed by atoms with E-state index in [9.17, 15) is 4.79 Å². The Bertz CT molecular complexity index is 767. The molecule has 0 bridgehead atoms. The van der Waals surface area contributed by atoms with Crippen LogP contribution in [0.15, 0.2) is 36.5 Å². The smallest absolute Gasteiger partial charge is 0.269 e. The lowest BCUT2D eigenvalue weighted by atomic mass is 10.2. The van der Waals surface area contributed by atoms with Crippen LogP contribution in [0.5, 0.6) is 0 Å². The summed E-state index contributed by atoms with van der Waals surface area (Å²) in [6.45, 7) is 4.65. The molecule has 2 aromatic rings. The fourth-order valence-corrected chi connectivity index (χ4v) is 2.98. The first-order valence-electron chi connectivity index (χ1n) is 8.39. The molecule has 1 aliphatic rings. The van der Waals surface area contributed by atoms with Gasteiger partial charge in [0, 0.05) is 38.1 Å². The molecule has 0 aliphatic carbocycles. The normalized spacial score (nSPS) is 14.8. The molecule has 26 heavy (non-hydrogen) atoms. The monoisotopic (exact) mass is 394 g/mol. The molecular weight excluding hydrogens is 375 g/mol. The van der Waals surface area contributed by atoms with Gasteiger partial charge >= 0.3 is 0 Å². The summed E-state index contributed by atoms with van der Waals surface area (Å²) < 4.78 is 5.31. The van der Waals surface area contributed by atoms with Crippen molar-refractivity contribution >= 4 is 40.5 Å². The maximum Gasteiger partial charge on any atom is 0.269 e. The molecule has 0 unspecified atom stereocenters. The van der Waals surface area contributed by atoms with Crippen LogP contribution in [0.25, 0.3) is 0 Å². The maximum absolute atomic E-state index is 12.3. The fraction of sp³-hybridized carbons (Fsp3) is 0.333. The van der Waals surface area contributed by atoms with E-state index < -0.39 is 0 Å². The van der Waals surface area contributed by atoms with Crippen molar-refractivity contribution in [3.05, 3.63) is 52.3 Å². The lowest BCUT2D eigenvalue weighted by Gasteiger charge is -2.26. The number of anilines is 2. The van der Waals surface area contributed by atoms with Gasteiger partial charge in [-0.25, -0.2) is 0 Å². The highest BCUT2D eigenvalue weighted by molar-refractivity contribution is 6.43. The molecule has 1 aromatic carbocycles. The Hall–Kier alpha value is -1.86. The van der Waals surface area contributed by atoms with Crippen molar-refractivity contribution in [2.45, 2.75) is 0 Å². The second kappa shape index (κ2) is 9.19. The van der Waals surface area contributed by atoms with Crippen molar-refractivity contribution in [1.29, 1.82) is 0 Å². The lowest BCUT2D eigenvalue weighted by molar-refractivity contribution is 0.0383. The predicted molar refractivity (Wildman–Crippen MR) is 104 cm³/mol. The van der Waals surface area contributed by atoms with Crippen molar-refractivity contribution in [2.24, 2.45) is 0 Å². The van der Waals surface area contributed by atoms with Gasteiger partial charge in [0.25, 0.3) is 5.91 Å². The number of benzene rings is 1. The van der Waals surface area contributed by atoms with Crippen molar-refractivity contribution in [1.82, 2.24) is 15.2 Å². The van der Waals surface area contributed by atoms with E-state index in [1.807, 2.05) is 6.07 Å². The standard InChI is InChI=1S/C18H20Cl2N4O2/c19-14-2-1-3-15(17(14)20)23-13-4-5-21-16(12-13)18(25)22-6-7-24-8-10-26-11-9-24/h1-5,12H,6-11H2,(H,21,23)(H,22,25). The summed E-state index contributed by atoms with van der Waals surface area (Å²) >= 11 is 12.2. The zero-order valence-electron chi connectivity index (χ0n) is 14.2. The molecule has 0 saturated carbocycles. The van der Waals surface area contributed by atoms with Crippen LogP contribution in [0.1, 0.15) is 10.5 Å². The van der Waals surface area contributed by atoms with Gasteiger partial charge in [-0.05, 0) is 24.3 Å². The van der Waals surface area contributed by atoms with Crippen LogP contribution in [0.4, 0.5) is 11.4 Å². The fourth-order valence-electron chi connectivity index (χ4n) is 2.63. The predicted octanol–water partition coefficient (Wildman–Crippen LogP) is 3.19. The first-order chi connectivity index (χ1) is 12.6. The third kappa shape index (κ3) is 5.08. The Morgan fingerprint density at radius 2 is 2.04 bits per heavy atom. The molecule has 1 aromatic heterocycles. The van der Waals surface area contributed by atoms with Crippen LogP contribution in [-0.4, -0.2) is 55.2 Å². The Morgan fingerprint density at radius 3 is 2.85 bits per heavy atom. The summed E-state index contributed by atoms with van der Waals surface area (Å²) in [4.78, 5) is 18.7. The molecule has 6 nitrogen and oxygen atoms in total. The summed E-state index contributed by atoms with van der Waals surface area (Å²) in [6.07, 6.45) is 1.58. The molecule has 0 spiro atoms. The van der Waals surface area contributed by atoms with Crippen molar-refractivity contribution in [3.8, 4) is 0 Å². The van der Waals surface area contributed by atoms with Gasteiger partial charge in [-0.15, -0.1) is 0 Å². The molecule has 1 aliphatic heterocycles. The van der Waals surface area contributed by atoms with E-state index in [1.165, 1.54) is 0 Å². The molecule has 1 amide bonds. The number of carbonyl (C=O) groups excluding carboxylic acids is 1. The average Bonchev–Trinajstić information content (AvgIpc) is 2.66. The average molecular weight is 395 g/mol. The van der Waals surface area contributed by atoms with E-state index in [2.05, 4.69) is 20.5 Å². The first kappa shape index (κ1) is 18.9. The number of nitrogens with one attached hydrogen (secondary N) is 2. The number of morpholine rings is 1. The minimum atomic E-state index is -0.209. The van der Waals surface area contributed by atoms with Crippen LogP contribution in [0, 0.1) is 0 Å². The van der Waals surface area contributed by atoms with E-state index in [-0.39, 0.29) is 5.91 Å². The zero-order valence-corrected chi connectivity index (χ0v) is 15.7. The second-order valence-electron chi connectivity index (χ2n) is 5.87. The highest BCUT2D eigenvalue weighted by Gasteiger charge is 2.12. The summed E-state index contributed by atoms with van der Waals surface area (Å²) in [5, 5.41) is 6.95. The van der Waals surface area contributed by atoms with E-state index >= 15 is 0 Å². The molecule has 1 saturated heterocycles. The Balaban J connectivity index is 1.57. The number of hydrogen-bond donors (Lipinski definition) is 2. The van der Waals surface area contributed by atoms with Gasteiger partial charge in [0.2, 0.25) is 0 Å². The summed E-state index contributed by atoms with van der Waals surface area (Å²) in [7, 11) is 0. The highest BCUT2D eigenvalue weighted by atomic mass is 35.5. The van der Waals surface area contributed by atoms with Gasteiger partial charge in [-0.3, -0.25) is 14.7 Å². The maximum atomic E-state index is 12.3. The minimum Gasteiger partial charge on any atom is -0.379 e. The van der Waals surface area contributed by atoms with Gasteiger partial charge in [0.05, 0.1) is 28.9 Å². The first-order valence-corrected chi connectivity index (χ1v) is 9.14. The topological polar surface area (TPSA) is 66.5 Å². The van der Waals surface area contributed by atoms with E-state index in [1.54, 1.807) is 30.5 Å². The third-order valence-corrected chi connectivity index (χ3v) is 4.86. The number of amides is 1. The number of carbonyl (C=O) groups is 1. The second-order valence-corrected chi connectivity index (χ2v) is 6.65. The molecule has 8 heteroatoms. The largest absolute Gasteiger partial charge is 0.379 e. The van der Waals surface area contributed by atoms with Gasteiger partial charge in [-0.2, -0.15) is 0 Å². The number of nitrogens with zero attached hydrogens (tertiary/aromatic N) is 2. The quantitative estimate of drug-likeness (QED) is 0.787. The SMILES string of the molecule is O=C(NCCN1CCOCC1)c1cc(Nc2cccc(Cl)c2Cl)ccn1. The Labute approximate surface area is 162 Å². The number of pyridine rings is 1. The van der Waals surface area contributed by atoms with Crippen molar-refractivity contribution < 1.29 is 9.53 Å². The van der Waals surface area contributed by atoms with Crippen LogP contribution in [-0.2, 0) is 4.74 Å². The molecule has 2 N–H and O–H groups in total. The van der Waals surface area contributed by atoms with Crippen LogP contribution < -0.4 is 10.6 Å². The van der Waals surface area contributed by atoms with Crippen molar-refractivity contribution in [3.63, 3.8) is 0 Å². The number of ether oxygens (including phenoxy) is 1. The summed E-state index contributed by atoms with van der Waals surface area (Å²) in [5.41, 5.74) is 1.72. The molecule has 3 rings (SSSR count). The minimum absolute atomic E-state index is 0.209. The van der Waals surface area contributed by atoms with Crippen LogP contribution in [0.3, 0.4) is 0 Å². The van der Waals surface area contributed by atoms with Gasteiger partial charge < -0.3 is 15.4 Å². The molecular formula is C18H20Cl2N4O2. The van der Waals surface area contributed by atoms with Crippen LogP contribution in [0.2, 0.25) is 10.0 Å². The highest BCUT2D eigenvalue weighted by Crippen LogP contribution is 2.31. The van der Waals surface area contributed by atoms with E-state index in [0.717, 1.165) is 32.8 Å². The number of hydrogen-bond acceptors (Lipinski definition) is 5. The van der Waals surface area contributed by atoms with Crippen molar-refractivity contribution in [2.75, 3.05) is 44.7 Å². The molecule has 0 atom stereocenters. The van der Waals surface area contributed by atoms with Crippen LogP contribution >= 0.6 is 23.2 Å². The molecule has 2 heterocycles. The third-order valence-electron chi connectivity index (χ3n) is 4.04.